The van der Waals surface area contributed by atoms with Gasteiger partial charge < -0.3 is 0 Å². The fourth-order valence-corrected chi connectivity index (χ4v) is 2.91. The summed E-state index contributed by atoms with van der Waals surface area (Å²) in [7, 11) is 0. The Labute approximate surface area is 121 Å². The Balaban J connectivity index is 2.88. The van der Waals surface area contributed by atoms with Crippen molar-refractivity contribution in [1.82, 2.24) is 0 Å². The van der Waals surface area contributed by atoms with Crippen LogP contribution in [0, 0.1) is 34.6 Å². The van der Waals surface area contributed by atoms with Crippen molar-refractivity contribution < 1.29 is 4.79 Å². The average Bonchev–Trinajstić information content (AvgIpc) is 2.43. The molecule has 0 N–H and O–H groups in total. The molecule has 1 nitrogen and oxygen atoms in total. The van der Waals surface area contributed by atoms with Gasteiger partial charge in [0.1, 0.15) is 0 Å². The Morgan fingerprint density at radius 1 is 0.750 bits per heavy atom. The largest absolute Gasteiger partial charge is 0.294 e. The number of benzene rings is 2. The molecule has 2 aromatic rings. The number of ketones is 1. The molecule has 0 spiro atoms. The first-order chi connectivity index (χ1) is 9.36. The van der Waals surface area contributed by atoms with Crippen LogP contribution < -0.4 is 0 Å². The maximum Gasteiger partial charge on any atom is 0.160 e. The molecule has 0 amide bonds. The van der Waals surface area contributed by atoms with Gasteiger partial charge in [-0.25, -0.2) is 0 Å². The van der Waals surface area contributed by atoms with Crippen molar-refractivity contribution in [1.29, 1.82) is 0 Å². The van der Waals surface area contributed by atoms with Crippen LogP contribution in [0.5, 0.6) is 0 Å². The third kappa shape index (κ3) is 2.18. The molecule has 0 aliphatic rings. The molecule has 0 aliphatic carbocycles. The van der Waals surface area contributed by atoms with Crippen molar-refractivity contribution in [2.45, 2.75) is 41.5 Å². The first-order valence-electron chi connectivity index (χ1n) is 7.03. The molecule has 104 valence electrons. The molecule has 0 fully saturated rings. The minimum Gasteiger partial charge on any atom is -0.294 e. The van der Waals surface area contributed by atoms with Crippen molar-refractivity contribution in [3.8, 4) is 11.1 Å². The topological polar surface area (TPSA) is 17.1 Å². The number of hydrogen-bond donors (Lipinski definition) is 0. The summed E-state index contributed by atoms with van der Waals surface area (Å²) >= 11 is 0. The van der Waals surface area contributed by atoms with Gasteiger partial charge in [0.2, 0.25) is 0 Å². The van der Waals surface area contributed by atoms with Crippen LogP contribution in [-0.4, -0.2) is 5.78 Å². The van der Waals surface area contributed by atoms with Gasteiger partial charge in [0.15, 0.2) is 5.78 Å². The summed E-state index contributed by atoms with van der Waals surface area (Å²) in [5.74, 6) is 0.121. The summed E-state index contributed by atoms with van der Waals surface area (Å²) in [4.78, 5) is 11.9. The fourth-order valence-electron chi connectivity index (χ4n) is 2.91. The molecule has 0 atom stereocenters. The SMILES string of the molecule is CC(=O)c1ccccc1-c1c(C)c(C)c(C)c(C)c1C. The molecule has 0 unspecified atom stereocenters. The molecule has 0 saturated heterocycles. The summed E-state index contributed by atoms with van der Waals surface area (Å²) in [6.07, 6.45) is 0. The van der Waals surface area contributed by atoms with E-state index in [9.17, 15) is 4.79 Å². The molecule has 2 rings (SSSR count). The zero-order valence-electron chi connectivity index (χ0n) is 13.2. The van der Waals surface area contributed by atoms with Gasteiger partial charge in [0.25, 0.3) is 0 Å². The van der Waals surface area contributed by atoms with E-state index in [2.05, 4.69) is 40.7 Å². The van der Waals surface area contributed by atoms with Gasteiger partial charge in [-0.15, -0.1) is 0 Å². The average molecular weight is 266 g/mol. The summed E-state index contributed by atoms with van der Waals surface area (Å²) in [6.45, 7) is 12.4. The van der Waals surface area contributed by atoms with Crippen LogP contribution >= 0.6 is 0 Å². The lowest BCUT2D eigenvalue weighted by atomic mass is 9.84. The first kappa shape index (κ1) is 14.5. The van der Waals surface area contributed by atoms with Crippen LogP contribution in [0.4, 0.5) is 0 Å². The summed E-state index contributed by atoms with van der Waals surface area (Å²) < 4.78 is 0. The number of carbonyl (C=O) groups excluding carboxylic acids is 1. The highest BCUT2D eigenvalue weighted by Crippen LogP contribution is 2.35. The van der Waals surface area contributed by atoms with Crippen LogP contribution in [0.2, 0.25) is 0 Å². The third-order valence-electron chi connectivity index (χ3n) is 4.58. The zero-order valence-corrected chi connectivity index (χ0v) is 13.2. The van der Waals surface area contributed by atoms with E-state index in [1.54, 1.807) is 6.92 Å². The predicted octanol–water partition coefficient (Wildman–Crippen LogP) is 5.10. The van der Waals surface area contributed by atoms with Crippen molar-refractivity contribution in [3.05, 3.63) is 57.6 Å². The van der Waals surface area contributed by atoms with E-state index in [0.29, 0.717) is 0 Å². The minimum absolute atomic E-state index is 0.121. The maximum absolute atomic E-state index is 11.9. The molecule has 0 bridgehead atoms. The number of carbonyl (C=O) groups is 1. The molecule has 20 heavy (non-hydrogen) atoms. The second-order valence-electron chi connectivity index (χ2n) is 5.60. The molecule has 0 saturated carbocycles. The summed E-state index contributed by atoms with van der Waals surface area (Å²) in [5.41, 5.74) is 9.63. The van der Waals surface area contributed by atoms with E-state index in [1.807, 2.05) is 18.2 Å². The van der Waals surface area contributed by atoms with Crippen LogP contribution in [0.15, 0.2) is 24.3 Å². The molecule has 0 heterocycles. The monoisotopic (exact) mass is 266 g/mol. The van der Waals surface area contributed by atoms with Crippen molar-refractivity contribution in [3.63, 3.8) is 0 Å². The predicted molar refractivity (Wildman–Crippen MR) is 85.6 cm³/mol. The maximum atomic E-state index is 11.9. The van der Waals surface area contributed by atoms with E-state index >= 15 is 0 Å². The first-order valence-corrected chi connectivity index (χ1v) is 7.03. The molecular formula is C19H22O. The lowest BCUT2D eigenvalue weighted by Gasteiger charge is -2.20. The molecule has 2 aromatic carbocycles. The molecule has 1 heteroatoms. The fraction of sp³-hybridized carbons (Fsp3) is 0.316. The Bertz CT molecular complexity index is 664. The van der Waals surface area contributed by atoms with Gasteiger partial charge >= 0.3 is 0 Å². The Morgan fingerprint density at radius 3 is 1.70 bits per heavy atom. The molecule has 0 radical (unpaired) electrons. The van der Waals surface area contributed by atoms with E-state index in [1.165, 1.54) is 33.4 Å². The van der Waals surface area contributed by atoms with Gasteiger partial charge in [0, 0.05) is 5.56 Å². The van der Waals surface area contributed by atoms with Crippen molar-refractivity contribution in [2.75, 3.05) is 0 Å². The Hall–Kier alpha value is -1.89. The van der Waals surface area contributed by atoms with Crippen LogP contribution in [-0.2, 0) is 0 Å². The minimum atomic E-state index is 0.121. The van der Waals surface area contributed by atoms with Gasteiger partial charge in [0.05, 0.1) is 0 Å². The number of Topliss-reactive ketones (excluding diaryl/α,β-unsaturated/α-hetero) is 1. The second kappa shape index (κ2) is 5.24. The molecule has 0 aliphatic heterocycles. The van der Waals surface area contributed by atoms with Gasteiger partial charge in [-0.2, -0.15) is 0 Å². The van der Waals surface area contributed by atoms with Gasteiger partial charge in [-0.1, -0.05) is 24.3 Å². The number of rotatable bonds is 2. The second-order valence-corrected chi connectivity index (χ2v) is 5.60. The van der Waals surface area contributed by atoms with Crippen molar-refractivity contribution >= 4 is 5.78 Å². The Morgan fingerprint density at radius 2 is 1.20 bits per heavy atom. The number of hydrogen-bond acceptors (Lipinski definition) is 1. The summed E-state index contributed by atoms with van der Waals surface area (Å²) in [5, 5.41) is 0. The quantitative estimate of drug-likeness (QED) is 0.691. The Kier molecular flexibility index (Phi) is 3.80. The normalized spacial score (nSPS) is 10.7. The lowest BCUT2D eigenvalue weighted by molar-refractivity contribution is 0.101. The molecular weight excluding hydrogens is 244 g/mol. The highest BCUT2D eigenvalue weighted by Gasteiger charge is 2.17. The van der Waals surface area contributed by atoms with Gasteiger partial charge in [-0.3, -0.25) is 4.79 Å². The van der Waals surface area contributed by atoms with E-state index in [-0.39, 0.29) is 5.78 Å². The van der Waals surface area contributed by atoms with Crippen LogP contribution in [0.25, 0.3) is 11.1 Å². The van der Waals surface area contributed by atoms with Crippen LogP contribution in [0.1, 0.15) is 45.1 Å². The highest BCUT2D eigenvalue weighted by atomic mass is 16.1. The van der Waals surface area contributed by atoms with Crippen molar-refractivity contribution in [2.24, 2.45) is 0 Å². The van der Waals surface area contributed by atoms with E-state index in [0.717, 1.165) is 11.1 Å². The highest BCUT2D eigenvalue weighted by molar-refractivity contribution is 6.01. The smallest absolute Gasteiger partial charge is 0.160 e. The van der Waals surface area contributed by atoms with E-state index < -0.39 is 0 Å². The summed E-state index contributed by atoms with van der Waals surface area (Å²) in [6, 6.07) is 7.91. The lowest BCUT2D eigenvalue weighted by Crippen LogP contribution is -2.03. The van der Waals surface area contributed by atoms with Crippen LogP contribution in [0.3, 0.4) is 0 Å². The van der Waals surface area contributed by atoms with E-state index in [4.69, 9.17) is 0 Å². The molecule has 0 aromatic heterocycles. The zero-order chi connectivity index (χ0) is 15.0. The third-order valence-corrected chi connectivity index (χ3v) is 4.58. The standard InChI is InChI=1S/C19H22O/c1-11-12(2)14(4)19(15(5)13(11)3)18-10-8-7-9-17(18)16(6)20/h7-10H,1-6H3. The van der Waals surface area contributed by atoms with Gasteiger partial charge in [-0.05, 0) is 80.5 Å².